The fourth-order valence-electron chi connectivity index (χ4n) is 2.53. The van der Waals surface area contributed by atoms with Gasteiger partial charge in [-0.1, -0.05) is 48.5 Å². The van der Waals surface area contributed by atoms with Crippen molar-refractivity contribution >= 4 is 29.3 Å². The Morgan fingerprint density at radius 1 is 1.18 bits per heavy atom. The van der Waals surface area contributed by atoms with E-state index < -0.39 is 5.54 Å². The summed E-state index contributed by atoms with van der Waals surface area (Å²) in [6.07, 6.45) is 6.70. The lowest BCUT2D eigenvalue weighted by Crippen LogP contribution is -2.27. The number of hydrogen-bond acceptors (Lipinski definition) is 2. The standard InChI is InChI=1S/C13H13Cl2NO/c14-10-4-5-11(12(15)8-10)13(16-9-17)6-2-1-3-7-13/h4-5,8H,1-3,6-7H2. The maximum Gasteiger partial charge on any atom is 0.235 e. The van der Waals surface area contributed by atoms with Gasteiger partial charge in [0.1, 0.15) is 0 Å². The molecule has 1 aromatic carbocycles. The van der Waals surface area contributed by atoms with Crippen molar-refractivity contribution in [1.29, 1.82) is 0 Å². The Kier molecular flexibility index (Phi) is 3.88. The van der Waals surface area contributed by atoms with E-state index in [1.165, 1.54) is 6.42 Å². The number of isocyanates is 1. The molecular formula is C13H13Cl2NO. The van der Waals surface area contributed by atoms with E-state index in [0.29, 0.717) is 10.0 Å². The van der Waals surface area contributed by atoms with Crippen LogP contribution >= 0.6 is 23.2 Å². The lowest BCUT2D eigenvalue weighted by Gasteiger charge is -2.33. The summed E-state index contributed by atoms with van der Waals surface area (Å²) >= 11 is 12.1. The first-order chi connectivity index (χ1) is 8.18. The fourth-order valence-corrected chi connectivity index (χ4v) is 3.12. The topological polar surface area (TPSA) is 29.4 Å². The van der Waals surface area contributed by atoms with Crippen LogP contribution in [0.3, 0.4) is 0 Å². The summed E-state index contributed by atoms with van der Waals surface area (Å²) in [4.78, 5) is 14.7. The third-order valence-electron chi connectivity index (χ3n) is 3.37. The van der Waals surface area contributed by atoms with Crippen molar-refractivity contribution < 1.29 is 4.79 Å². The highest BCUT2D eigenvalue weighted by Crippen LogP contribution is 2.43. The van der Waals surface area contributed by atoms with Gasteiger partial charge in [-0.2, -0.15) is 4.99 Å². The smallest absolute Gasteiger partial charge is 0.211 e. The van der Waals surface area contributed by atoms with E-state index in [9.17, 15) is 4.79 Å². The van der Waals surface area contributed by atoms with Crippen LogP contribution in [0.2, 0.25) is 10.0 Å². The predicted molar refractivity (Wildman–Crippen MR) is 69.3 cm³/mol. The Labute approximate surface area is 111 Å². The summed E-state index contributed by atoms with van der Waals surface area (Å²) in [6, 6.07) is 5.37. The highest BCUT2D eigenvalue weighted by molar-refractivity contribution is 6.35. The van der Waals surface area contributed by atoms with Crippen molar-refractivity contribution in [2.75, 3.05) is 0 Å². The van der Waals surface area contributed by atoms with E-state index in [1.54, 1.807) is 18.2 Å². The third kappa shape index (κ3) is 2.55. The summed E-state index contributed by atoms with van der Waals surface area (Å²) in [5.41, 5.74) is 0.411. The van der Waals surface area contributed by atoms with Crippen molar-refractivity contribution in [3.05, 3.63) is 33.8 Å². The lowest BCUT2D eigenvalue weighted by atomic mass is 9.77. The quantitative estimate of drug-likeness (QED) is 0.575. The molecule has 1 aliphatic rings. The van der Waals surface area contributed by atoms with Crippen LogP contribution in [0.1, 0.15) is 37.7 Å². The van der Waals surface area contributed by atoms with Crippen LogP contribution in [0.5, 0.6) is 0 Å². The van der Waals surface area contributed by atoms with Crippen molar-refractivity contribution in [3.63, 3.8) is 0 Å². The number of rotatable bonds is 2. The molecule has 0 aliphatic heterocycles. The van der Waals surface area contributed by atoms with Gasteiger partial charge in [0.25, 0.3) is 0 Å². The van der Waals surface area contributed by atoms with Gasteiger partial charge in [-0.15, -0.1) is 0 Å². The van der Waals surface area contributed by atoms with Gasteiger partial charge in [0.2, 0.25) is 6.08 Å². The molecular weight excluding hydrogens is 257 g/mol. The Hall–Kier alpha value is -0.820. The molecule has 0 heterocycles. The first-order valence-electron chi connectivity index (χ1n) is 5.72. The number of hydrogen-bond donors (Lipinski definition) is 0. The lowest BCUT2D eigenvalue weighted by molar-refractivity contribution is 0.304. The number of halogens is 2. The average Bonchev–Trinajstić information content (AvgIpc) is 2.30. The molecule has 0 atom stereocenters. The van der Waals surface area contributed by atoms with Crippen LogP contribution in [0.25, 0.3) is 0 Å². The fraction of sp³-hybridized carbons (Fsp3) is 0.462. The molecule has 0 aromatic heterocycles. The Balaban J connectivity index is 2.48. The van der Waals surface area contributed by atoms with Crippen LogP contribution in [-0.4, -0.2) is 6.08 Å². The van der Waals surface area contributed by atoms with E-state index in [4.69, 9.17) is 23.2 Å². The van der Waals surface area contributed by atoms with Crippen LogP contribution in [0, 0.1) is 0 Å². The summed E-state index contributed by atoms with van der Waals surface area (Å²) in [7, 11) is 0. The van der Waals surface area contributed by atoms with Crippen LogP contribution in [-0.2, 0) is 10.3 Å². The van der Waals surface area contributed by atoms with E-state index in [2.05, 4.69) is 4.99 Å². The minimum atomic E-state index is -0.484. The summed E-state index contributed by atoms with van der Waals surface area (Å²) in [6.45, 7) is 0. The third-order valence-corrected chi connectivity index (χ3v) is 3.92. The minimum Gasteiger partial charge on any atom is -0.211 e. The van der Waals surface area contributed by atoms with E-state index in [-0.39, 0.29) is 0 Å². The second-order valence-corrected chi connectivity index (χ2v) is 5.26. The normalized spacial score (nSPS) is 18.5. The molecule has 4 heteroatoms. The highest BCUT2D eigenvalue weighted by Gasteiger charge is 2.35. The van der Waals surface area contributed by atoms with Gasteiger partial charge in [-0.3, -0.25) is 0 Å². The number of nitrogens with zero attached hydrogens (tertiary/aromatic N) is 1. The number of benzene rings is 1. The van der Waals surface area contributed by atoms with Gasteiger partial charge >= 0.3 is 0 Å². The number of aliphatic imine (C=N–C) groups is 1. The van der Waals surface area contributed by atoms with Gasteiger partial charge in [-0.25, -0.2) is 4.79 Å². The van der Waals surface area contributed by atoms with Crippen LogP contribution in [0.4, 0.5) is 0 Å². The Bertz CT molecular complexity index is 460. The molecule has 1 aromatic rings. The predicted octanol–water partition coefficient (Wildman–Crippen LogP) is 4.49. The number of carbonyl (C=O) groups excluding carboxylic acids is 1. The van der Waals surface area contributed by atoms with Crippen molar-refractivity contribution in [2.24, 2.45) is 4.99 Å². The Morgan fingerprint density at radius 2 is 1.88 bits per heavy atom. The summed E-state index contributed by atoms with van der Waals surface area (Å²) < 4.78 is 0. The molecule has 0 unspecified atom stereocenters. The monoisotopic (exact) mass is 269 g/mol. The van der Waals surface area contributed by atoms with Crippen LogP contribution in [0.15, 0.2) is 23.2 Å². The maximum atomic E-state index is 10.7. The average molecular weight is 270 g/mol. The first-order valence-corrected chi connectivity index (χ1v) is 6.48. The molecule has 1 saturated carbocycles. The van der Waals surface area contributed by atoms with E-state index in [0.717, 1.165) is 31.2 Å². The molecule has 0 saturated heterocycles. The summed E-state index contributed by atoms with van der Waals surface area (Å²) in [5, 5.41) is 1.18. The van der Waals surface area contributed by atoms with Crippen molar-refractivity contribution in [1.82, 2.24) is 0 Å². The first kappa shape index (κ1) is 12.6. The molecule has 1 fully saturated rings. The second-order valence-electron chi connectivity index (χ2n) is 4.42. The zero-order chi connectivity index (χ0) is 12.3. The van der Waals surface area contributed by atoms with E-state index in [1.807, 2.05) is 6.07 Å². The highest BCUT2D eigenvalue weighted by atomic mass is 35.5. The minimum absolute atomic E-state index is 0.484. The van der Waals surface area contributed by atoms with Gasteiger partial charge in [-0.05, 0) is 30.5 Å². The van der Waals surface area contributed by atoms with Gasteiger partial charge in [0, 0.05) is 10.0 Å². The molecule has 0 bridgehead atoms. The largest absolute Gasteiger partial charge is 0.235 e. The maximum absolute atomic E-state index is 10.7. The van der Waals surface area contributed by atoms with Crippen molar-refractivity contribution in [2.45, 2.75) is 37.6 Å². The molecule has 2 rings (SSSR count). The second kappa shape index (κ2) is 5.22. The van der Waals surface area contributed by atoms with Crippen molar-refractivity contribution in [3.8, 4) is 0 Å². The SMILES string of the molecule is O=C=NC1(c2ccc(Cl)cc2Cl)CCCCC1. The molecule has 2 nitrogen and oxygen atoms in total. The zero-order valence-corrected chi connectivity index (χ0v) is 10.9. The molecule has 0 N–H and O–H groups in total. The molecule has 17 heavy (non-hydrogen) atoms. The molecule has 0 spiro atoms. The van der Waals surface area contributed by atoms with Gasteiger partial charge in [0.05, 0.1) is 5.54 Å². The molecule has 0 amide bonds. The van der Waals surface area contributed by atoms with E-state index >= 15 is 0 Å². The molecule has 1 aliphatic carbocycles. The van der Waals surface area contributed by atoms with Gasteiger partial charge < -0.3 is 0 Å². The van der Waals surface area contributed by atoms with Gasteiger partial charge in [0.15, 0.2) is 0 Å². The summed E-state index contributed by atoms with van der Waals surface area (Å²) in [5.74, 6) is 0. The zero-order valence-electron chi connectivity index (χ0n) is 9.38. The molecule has 0 radical (unpaired) electrons. The van der Waals surface area contributed by atoms with Crippen LogP contribution < -0.4 is 0 Å². The molecule has 90 valence electrons. The Morgan fingerprint density at radius 3 is 2.47 bits per heavy atom.